The number of hydrogen-bond donors (Lipinski definition) is 1. The van der Waals surface area contributed by atoms with Gasteiger partial charge in [0.05, 0.1) is 6.61 Å². The maximum atomic E-state index is 11.4. The monoisotopic (exact) mass is 264 g/mol. The number of ether oxygens (including phenoxy) is 1. The zero-order valence-corrected chi connectivity index (χ0v) is 11.0. The summed E-state index contributed by atoms with van der Waals surface area (Å²) in [6.07, 6.45) is 8.47. The van der Waals surface area contributed by atoms with E-state index in [0.717, 1.165) is 35.8 Å². The van der Waals surface area contributed by atoms with Crippen molar-refractivity contribution in [2.24, 2.45) is 29.6 Å². The molecule has 0 amide bonds. The Bertz CT molecular complexity index is 414. The summed E-state index contributed by atoms with van der Waals surface area (Å²) in [5, 5.41) is 8.44. The van der Waals surface area contributed by atoms with Gasteiger partial charge in [0.2, 0.25) is 0 Å². The minimum atomic E-state index is -1.12. The first-order valence-corrected chi connectivity index (χ1v) is 7.23. The summed E-state index contributed by atoms with van der Waals surface area (Å²) < 4.78 is 5.19. The van der Waals surface area contributed by atoms with Crippen molar-refractivity contribution in [2.45, 2.75) is 32.1 Å². The van der Waals surface area contributed by atoms with Crippen LogP contribution in [0.3, 0.4) is 0 Å². The first-order chi connectivity index (χ1) is 9.15. The van der Waals surface area contributed by atoms with Gasteiger partial charge in [-0.3, -0.25) is 0 Å². The smallest absolute Gasteiger partial charge is 0.331 e. The molecule has 0 aromatic heterocycles. The van der Waals surface area contributed by atoms with Crippen LogP contribution in [0.15, 0.2) is 12.2 Å². The van der Waals surface area contributed by atoms with Crippen LogP contribution in [-0.2, 0) is 14.3 Å². The highest BCUT2D eigenvalue weighted by Gasteiger charge is 2.53. The van der Waals surface area contributed by atoms with E-state index in [-0.39, 0.29) is 0 Å². The number of aliphatic carboxylic acids is 1. The van der Waals surface area contributed by atoms with Crippen molar-refractivity contribution < 1.29 is 19.4 Å². The Morgan fingerprint density at radius 3 is 2.68 bits per heavy atom. The maximum absolute atomic E-state index is 11.4. The van der Waals surface area contributed by atoms with E-state index in [0.29, 0.717) is 12.5 Å². The van der Waals surface area contributed by atoms with E-state index in [9.17, 15) is 9.59 Å². The van der Waals surface area contributed by atoms with Crippen LogP contribution in [0, 0.1) is 29.6 Å². The number of rotatable bonds is 4. The Labute approximate surface area is 112 Å². The molecule has 3 rings (SSSR count). The summed E-state index contributed by atoms with van der Waals surface area (Å²) in [7, 11) is 0. The molecule has 104 valence electrons. The van der Waals surface area contributed by atoms with Gasteiger partial charge in [-0.2, -0.15) is 0 Å². The molecule has 3 aliphatic carbocycles. The molecule has 1 N–H and O–H groups in total. The fourth-order valence-corrected chi connectivity index (χ4v) is 4.78. The lowest BCUT2D eigenvalue weighted by Crippen LogP contribution is -2.28. The van der Waals surface area contributed by atoms with Crippen molar-refractivity contribution in [3.8, 4) is 0 Å². The molecular weight excluding hydrogens is 244 g/mol. The number of carbonyl (C=O) groups excluding carboxylic acids is 1. The molecule has 0 aromatic rings. The molecule has 0 heterocycles. The number of esters is 1. The third-order valence-corrected chi connectivity index (χ3v) is 5.37. The van der Waals surface area contributed by atoms with Gasteiger partial charge in [-0.1, -0.05) is 6.42 Å². The lowest BCUT2D eigenvalue weighted by Gasteiger charge is -2.31. The van der Waals surface area contributed by atoms with Gasteiger partial charge < -0.3 is 9.84 Å². The molecule has 3 aliphatic rings. The van der Waals surface area contributed by atoms with Crippen molar-refractivity contribution in [1.29, 1.82) is 0 Å². The van der Waals surface area contributed by atoms with Crippen LogP contribution < -0.4 is 0 Å². The van der Waals surface area contributed by atoms with Crippen LogP contribution in [-0.4, -0.2) is 23.7 Å². The molecule has 3 fully saturated rings. The van der Waals surface area contributed by atoms with Gasteiger partial charge in [-0.05, 0) is 55.3 Å². The number of carbonyl (C=O) groups is 2. The molecule has 0 aliphatic heterocycles. The van der Waals surface area contributed by atoms with Crippen LogP contribution in [0.5, 0.6) is 0 Å². The zero-order valence-electron chi connectivity index (χ0n) is 11.0. The largest absolute Gasteiger partial charge is 0.478 e. The molecule has 19 heavy (non-hydrogen) atoms. The van der Waals surface area contributed by atoms with E-state index in [2.05, 4.69) is 0 Å². The highest BCUT2D eigenvalue weighted by Crippen LogP contribution is 2.60. The molecule has 0 aromatic carbocycles. The van der Waals surface area contributed by atoms with E-state index in [1.54, 1.807) is 0 Å². The third kappa shape index (κ3) is 2.40. The minimum Gasteiger partial charge on any atom is -0.478 e. The van der Waals surface area contributed by atoms with E-state index in [1.807, 2.05) is 0 Å². The first kappa shape index (κ1) is 12.7. The van der Waals surface area contributed by atoms with Gasteiger partial charge in [-0.15, -0.1) is 0 Å². The lowest BCUT2D eigenvalue weighted by molar-refractivity contribution is -0.140. The predicted octanol–water partition coefficient (Wildman–Crippen LogP) is 2.24. The summed E-state index contributed by atoms with van der Waals surface area (Å²) in [5.74, 6) is 2.27. The molecule has 4 nitrogen and oxygen atoms in total. The highest BCUT2D eigenvalue weighted by atomic mass is 16.5. The van der Waals surface area contributed by atoms with Crippen LogP contribution in [0.4, 0.5) is 0 Å². The Hall–Kier alpha value is -1.32. The van der Waals surface area contributed by atoms with Crippen molar-refractivity contribution >= 4 is 11.9 Å². The van der Waals surface area contributed by atoms with Crippen molar-refractivity contribution in [3.63, 3.8) is 0 Å². The molecular formula is C15H20O4. The second-order valence-electron chi connectivity index (χ2n) is 6.22. The van der Waals surface area contributed by atoms with Crippen molar-refractivity contribution in [2.75, 3.05) is 6.61 Å². The summed E-state index contributed by atoms with van der Waals surface area (Å²) in [6, 6.07) is 0. The Kier molecular flexibility index (Phi) is 3.33. The van der Waals surface area contributed by atoms with Gasteiger partial charge >= 0.3 is 11.9 Å². The molecule has 3 saturated carbocycles. The third-order valence-electron chi connectivity index (χ3n) is 5.37. The quantitative estimate of drug-likeness (QED) is 0.625. The standard InChI is InChI=1S/C15H20O4/c16-14(17)4-5-15(18)19-8-10-6-9-7-13(10)12-3-1-2-11(9)12/h4-5,9-13H,1-3,6-8H2,(H,16,17)/b5-4+. The molecule has 5 atom stereocenters. The van der Waals surface area contributed by atoms with E-state index >= 15 is 0 Å². The lowest BCUT2D eigenvalue weighted by atomic mass is 9.76. The predicted molar refractivity (Wildman–Crippen MR) is 68.3 cm³/mol. The number of carboxylic acids is 1. The molecule has 4 heteroatoms. The maximum Gasteiger partial charge on any atom is 0.331 e. The average Bonchev–Trinajstić information content (AvgIpc) is 3.04. The second-order valence-corrected chi connectivity index (χ2v) is 6.22. The number of fused-ring (bicyclic) bond motifs is 5. The summed E-state index contributed by atoms with van der Waals surface area (Å²) in [4.78, 5) is 21.7. The Morgan fingerprint density at radius 1 is 1.11 bits per heavy atom. The SMILES string of the molecule is O=C(O)/C=C/C(=O)OCC1CC2CC1C1CCCC21. The van der Waals surface area contributed by atoms with Gasteiger partial charge in [0.25, 0.3) is 0 Å². The highest BCUT2D eigenvalue weighted by molar-refractivity contribution is 5.90. The Morgan fingerprint density at radius 2 is 1.89 bits per heavy atom. The number of carboxylic acid groups (broad SMARTS) is 1. The van der Waals surface area contributed by atoms with Gasteiger partial charge in [-0.25, -0.2) is 9.59 Å². The minimum absolute atomic E-state index is 0.465. The van der Waals surface area contributed by atoms with Gasteiger partial charge in [0.15, 0.2) is 0 Å². The number of hydrogen-bond acceptors (Lipinski definition) is 3. The van der Waals surface area contributed by atoms with Crippen LogP contribution in [0.2, 0.25) is 0 Å². The fourth-order valence-electron chi connectivity index (χ4n) is 4.78. The van der Waals surface area contributed by atoms with Crippen LogP contribution in [0.1, 0.15) is 32.1 Å². The van der Waals surface area contributed by atoms with Gasteiger partial charge in [0.1, 0.15) is 0 Å². The molecule has 0 radical (unpaired) electrons. The average molecular weight is 264 g/mol. The van der Waals surface area contributed by atoms with Crippen LogP contribution in [0.25, 0.3) is 0 Å². The van der Waals surface area contributed by atoms with Crippen molar-refractivity contribution in [1.82, 2.24) is 0 Å². The van der Waals surface area contributed by atoms with Gasteiger partial charge in [0, 0.05) is 12.2 Å². The van der Waals surface area contributed by atoms with Crippen molar-refractivity contribution in [3.05, 3.63) is 12.2 Å². The van der Waals surface area contributed by atoms with E-state index in [1.165, 1.54) is 32.1 Å². The summed E-state index contributed by atoms with van der Waals surface area (Å²) in [5.41, 5.74) is 0. The van der Waals surface area contributed by atoms with E-state index in [4.69, 9.17) is 9.84 Å². The molecule has 0 saturated heterocycles. The van der Waals surface area contributed by atoms with Crippen LogP contribution >= 0.6 is 0 Å². The second kappa shape index (κ2) is 4.99. The molecule has 0 spiro atoms. The topological polar surface area (TPSA) is 63.6 Å². The molecule has 5 unspecified atom stereocenters. The fraction of sp³-hybridized carbons (Fsp3) is 0.733. The summed E-state index contributed by atoms with van der Waals surface area (Å²) in [6.45, 7) is 0.465. The normalized spacial score (nSPS) is 39.7. The Balaban J connectivity index is 1.50. The van der Waals surface area contributed by atoms with E-state index < -0.39 is 11.9 Å². The summed E-state index contributed by atoms with van der Waals surface area (Å²) >= 11 is 0. The first-order valence-electron chi connectivity index (χ1n) is 7.23. The zero-order chi connectivity index (χ0) is 13.4. The molecule has 2 bridgehead atoms.